The normalized spacial score (nSPS) is 25.9. The highest BCUT2D eigenvalue weighted by Gasteiger charge is 2.47. The van der Waals surface area contributed by atoms with E-state index >= 15 is 0 Å². The summed E-state index contributed by atoms with van der Waals surface area (Å²) in [7, 11) is 3.98. The molecule has 0 unspecified atom stereocenters. The Bertz CT molecular complexity index is 727. The van der Waals surface area contributed by atoms with Crippen LogP contribution in [0.4, 0.5) is 5.69 Å². The summed E-state index contributed by atoms with van der Waals surface area (Å²) in [6, 6.07) is 4.31. The molecule has 2 aliphatic rings. The predicted octanol–water partition coefficient (Wildman–Crippen LogP) is 1.40. The van der Waals surface area contributed by atoms with Gasteiger partial charge in [-0.25, -0.2) is 0 Å². The summed E-state index contributed by atoms with van der Waals surface area (Å²) in [4.78, 5) is 20.6. The Labute approximate surface area is 146 Å². The Balaban J connectivity index is 1.52. The maximum Gasteiger partial charge on any atom is 0.241 e. The zero-order valence-corrected chi connectivity index (χ0v) is 15.0. The highest BCUT2D eigenvalue weighted by atomic mass is 32.1. The molecule has 1 atom stereocenters. The van der Waals surface area contributed by atoms with Crippen molar-refractivity contribution in [3.63, 3.8) is 0 Å². The number of likely N-dealkylation sites (N-methyl/N-ethyl adjacent to an activating group) is 1. The van der Waals surface area contributed by atoms with Crippen molar-refractivity contribution in [2.45, 2.75) is 18.5 Å². The highest BCUT2D eigenvalue weighted by molar-refractivity contribution is 7.09. The Hall–Kier alpha value is -1.70. The van der Waals surface area contributed by atoms with Gasteiger partial charge in [-0.1, -0.05) is 6.07 Å². The number of amides is 1. The number of rotatable bonds is 3. The molecule has 0 radical (unpaired) electrons. The molecule has 0 bridgehead atoms. The lowest BCUT2D eigenvalue weighted by atomic mass is 9.93. The topological polar surface area (TPSA) is 44.6 Å². The fraction of sp³-hybridized carbons (Fsp3) is 0.529. The Morgan fingerprint density at radius 3 is 2.92 bits per heavy atom. The molecule has 1 amide bonds. The first-order valence-corrected chi connectivity index (χ1v) is 9.19. The van der Waals surface area contributed by atoms with E-state index in [9.17, 15) is 4.79 Å². The first-order valence-electron chi connectivity index (χ1n) is 8.31. The molecule has 4 heterocycles. The van der Waals surface area contributed by atoms with Crippen LogP contribution in [0, 0.1) is 0 Å². The molecule has 4 rings (SSSR count). The van der Waals surface area contributed by atoms with E-state index in [1.54, 1.807) is 10.9 Å². The van der Waals surface area contributed by atoms with Gasteiger partial charge < -0.3 is 4.90 Å². The van der Waals surface area contributed by atoms with E-state index in [0.717, 1.165) is 38.3 Å². The number of anilines is 1. The molecule has 0 aliphatic carbocycles. The monoisotopic (exact) mass is 345 g/mol. The van der Waals surface area contributed by atoms with Crippen molar-refractivity contribution in [2.24, 2.45) is 7.05 Å². The van der Waals surface area contributed by atoms with Crippen LogP contribution >= 0.6 is 11.3 Å². The van der Waals surface area contributed by atoms with Crippen LogP contribution in [0.15, 0.2) is 29.9 Å². The van der Waals surface area contributed by atoms with E-state index < -0.39 is 0 Å². The molecule has 7 heteroatoms. The van der Waals surface area contributed by atoms with Crippen LogP contribution in [0.25, 0.3) is 0 Å². The van der Waals surface area contributed by atoms with Gasteiger partial charge in [0, 0.05) is 44.3 Å². The van der Waals surface area contributed by atoms with Crippen LogP contribution in [-0.2, 0) is 18.4 Å². The van der Waals surface area contributed by atoms with Crippen LogP contribution in [0.2, 0.25) is 0 Å². The minimum absolute atomic E-state index is 0.0427. The average Bonchev–Trinajstić information content (AvgIpc) is 3.26. The Kier molecular flexibility index (Phi) is 3.94. The summed E-state index contributed by atoms with van der Waals surface area (Å²) in [5.41, 5.74) is 0.952. The lowest BCUT2D eigenvalue weighted by molar-refractivity contribution is -0.123. The van der Waals surface area contributed by atoms with Crippen molar-refractivity contribution in [1.82, 2.24) is 19.6 Å². The second kappa shape index (κ2) is 5.98. The predicted molar refractivity (Wildman–Crippen MR) is 95.1 cm³/mol. The van der Waals surface area contributed by atoms with E-state index in [2.05, 4.69) is 39.5 Å². The first kappa shape index (κ1) is 15.8. The summed E-state index contributed by atoms with van der Waals surface area (Å²) < 4.78 is 1.76. The third-order valence-corrected chi connectivity index (χ3v) is 6.17. The summed E-state index contributed by atoms with van der Waals surface area (Å²) >= 11 is 1.82. The minimum Gasteiger partial charge on any atom is -0.306 e. The number of aryl methyl sites for hydroxylation is 1. The number of carbonyl (C=O) groups is 1. The molecule has 1 spiro atoms. The van der Waals surface area contributed by atoms with Gasteiger partial charge in [-0.2, -0.15) is 5.10 Å². The van der Waals surface area contributed by atoms with Crippen molar-refractivity contribution in [3.8, 4) is 0 Å². The van der Waals surface area contributed by atoms with Gasteiger partial charge in [0.25, 0.3) is 0 Å². The highest BCUT2D eigenvalue weighted by Crippen LogP contribution is 2.34. The van der Waals surface area contributed by atoms with Gasteiger partial charge in [-0.3, -0.25) is 19.3 Å². The third kappa shape index (κ3) is 2.76. The summed E-state index contributed by atoms with van der Waals surface area (Å²) in [5.74, 6) is 0.160. The molecule has 0 aromatic carbocycles. The molecular formula is C17H23N5OS. The van der Waals surface area contributed by atoms with Gasteiger partial charge in [0.1, 0.15) is 0 Å². The van der Waals surface area contributed by atoms with E-state index in [1.807, 2.05) is 29.5 Å². The Morgan fingerprint density at radius 1 is 1.33 bits per heavy atom. The van der Waals surface area contributed by atoms with Gasteiger partial charge in [-0.15, -0.1) is 11.3 Å². The molecule has 2 aromatic heterocycles. The fourth-order valence-corrected chi connectivity index (χ4v) is 4.63. The van der Waals surface area contributed by atoms with Crippen molar-refractivity contribution < 1.29 is 4.79 Å². The number of thiophene rings is 1. The second-order valence-electron chi connectivity index (χ2n) is 6.97. The van der Waals surface area contributed by atoms with E-state index in [-0.39, 0.29) is 11.4 Å². The SMILES string of the molecule is CN1CC(=O)N(c2cnn(C)c2)C[C@]12CCN(Cc1cccs1)C2. The number of nitrogens with zero attached hydrogens (tertiary/aromatic N) is 5. The number of aromatic nitrogens is 2. The second-order valence-corrected chi connectivity index (χ2v) is 8.00. The van der Waals surface area contributed by atoms with E-state index in [4.69, 9.17) is 0 Å². The summed E-state index contributed by atoms with van der Waals surface area (Å²) in [6.07, 6.45) is 4.81. The quantitative estimate of drug-likeness (QED) is 0.844. The van der Waals surface area contributed by atoms with Crippen molar-refractivity contribution in [1.29, 1.82) is 0 Å². The molecule has 128 valence electrons. The number of piperazine rings is 1. The molecule has 0 N–H and O–H groups in total. The summed E-state index contributed by atoms with van der Waals surface area (Å²) in [5, 5.41) is 6.36. The van der Waals surface area contributed by atoms with Gasteiger partial charge in [0.15, 0.2) is 0 Å². The lowest BCUT2D eigenvalue weighted by Crippen LogP contribution is -2.64. The minimum atomic E-state index is 0.0427. The van der Waals surface area contributed by atoms with E-state index in [0.29, 0.717) is 6.54 Å². The van der Waals surface area contributed by atoms with Gasteiger partial charge in [-0.05, 0) is 24.9 Å². The number of hydrogen-bond acceptors (Lipinski definition) is 5. The van der Waals surface area contributed by atoms with Crippen molar-refractivity contribution >= 4 is 22.9 Å². The standard InChI is InChI=1S/C17H23N5OS/c1-19-11-16(23)22(14-8-18-20(2)9-14)13-17(19)5-6-21(12-17)10-15-4-3-7-24-15/h3-4,7-9H,5-6,10-13H2,1-2H3/t17-/m1/s1. The van der Waals surface area contributed by atoms with Crippen LogP contribution in [0.3, 0.4) is 0 Å². The Morgan fingerprint density at radius 2 is 2.21 bits per heavy atom. The molecule has 2 aromatic rings. The lowest BCUT2D eigenvalue weighted by Gasteiger charge is -2.46. The number of hydrogen-bond donors (Lipinski definition) is 0. The molecule has 24 heavy (non-hydrogen) atoms. The van der Waals surface area contributed by atoms with Crippen LogP contribution in [-0.4, -0.2) is 64.3 Å². The first-order chi connectivity index (χ1) is 11.6. The molecule has 0 saturated carbocycles. The number of carbonyl (C=O) groups excluding carboxylic acids is 1. The van der Waals surface area contributed by atoms with Crippen LogP contribution in [0.1, 0.15) is 11.3 Å². The fourth-order valence-electron chi connectivity index (χ4n) is 3.88. The molecular weight excluding hydrogens is 322 g/mol. The van der Waals surface area contributed by atoms with E-state index in [1.165, 1.54) is 4.88 Å². The maximum absolute atomic E-state index is 12.5. The maximum atomic E-state index is 12.5. The van der Waals surface area contributed by atoms with Crippen molar-refractivity contribution in [2.75, 3.05) is 38.1 Å². The third-order valence-electron chi connectivity index (χ3n) is 5.31. The smallest absolute Gasteiger partial charge is 0.241 e. The molecule has 2 fully saturated rings. The zero-order chi connectivity index (χ0) is 16.7. The van der Waals surface area contributed by atoms with Crippen LogP contribution in [0.5, 0.6) is 0 Å². The molecule has 2 saturated heterocycles. The van der Waals surface area contributed by atoms with Crippen molar-refractivity contribution in [3.05, 3.63) is 34.8 Å². The summed E-state index contributed by atoms with van der Waals surface area (Å²) in [6.45, 7) is 4.31. The molecule has 2 aliphatic heterocycles. The largest absolute Gasteiger partial charge is 0.306 e. The van der Waals surface area contributed by atoms with Gasteiger partial charge >= 0.3 is 0 Å². The molecule has 6 nitrogen and oxygen atoms in total. The van der Waals surface area contributed by atoms with Crippen LogP contribution < -0.4 is 4.90 Å². The number of likely N-dealkylation sites (tertiary alicyclic amines) is 1. The average molecular weight is 345 g/mol. The van der Waals surface area contributed by atoms with Gasteiger partial charge in [0.05, 0.1) is 24.0 Å². The zero-order valence-electron chi connectivity index (χ0n) is 14.2. The van der Waals surface area contributed by atoms with Gasteiger partial charge in [0.2, 0.25) is 5.91 Å².